The van der Waals surface area contributed by atoms with Crippen LogP contribution in [0.5, 0.6) is 0 Å². The van der Waals surface area contributed by atoms with E-state index in [4.69, 9.17) is 0 Å². The zero-order chi connectivity index (χ0) is 14.4. The van der Waals surface area contributed by atoms with Crippen LogP contribution in [0.3, 0.4) is 0 Å². The molecular weight excluding hydrogens is 244 g/mol. The van der Waals surface area contributed by atoms with E-state index in [1.807, 2.05) is 19.0 Å². The van der Waals surface area contributed by atoms with Crippen molar-refractivity contribution < 1.29 is 9.59 Å². The van der Waals surface area contributed by atoms with Gasteiger partial charge in [-0.15, -0.1) is 0 Å². The summed E-state index contributed by atoms with van der Waals surface area (Å²) in [5.41, 5.74) is 0. The van der Waals surface area contributed by atoms with Gasteiger partial charge in [-0.1, -0.05) is 0 Å². The summed E-state index contributed by atoms with van der Waals surface area (Å²) in [6.45, 7) is 3.19. The molecule has 1 rings (SSSR count). The summed E-state index contributed by atoms with van der Waals surface area (Å²) in [4.78, 5) is 29.5. The van der Waals surface area contributed by atoms with Gasteiger partial charge in [0.25, 0.3) is 0 Å². The molecule has 1 aliphatic heterocycles. The van der Waals surface area contributed by atoms with Gasteiger partial charge in [0, 0.05) is 26.2 Å². The Bertz CT molecular complexity index is 312. The third kappa shape index (κ3) is 5.16. The Morgan fingerprint density at radius 1 is 1.21 bits per heavy atom. The minimum absolute atomic E-state index is 0.184. The van der Waals surface area contributed by atoms with Gasteiger partial charge >= 0.3 is 11.8 Å². The summed E-state index contributed by atoms with van der Waals surface area (Å²) in [5.74, 6) is -0.920. The molecular formula is C13H26N4O2. The predicted molar refractivity (Wildman–Crippen MR) is 74.9 cm³/mol. The van der Waals surface area contributed by atoms with Crippen molar-refractivity contribution in [3.63, 3.8) is 0 Å². The standard InChI is InChI=1S/C13H26N4O2/c1-15(2)10-7-14-12(18)13(19)17(4)11-5-8-16(3)9-6-11/h11H,5-10H2,1-4H3,(H,14,18). The summed E-state index contributed by atoms with van der Waals surface area (Å²) in [7, 11) is 7.66. The van der Waals surface area contributed by atoms with Gasteiger partial charge in [0.1, 0.15) is 0 Å². The van der Waals surface area contributed by atoms with Crippen molar-refractivity contribution in [3.05, 3.63) is 0 Å². The largest absolute Gasteiger partial charge is 0.347 e. The SMILES string of the molecule is CN(C)CCNC(=O)C(=O)N(C)C1CCN(C)CC1. The number of hydrogen-bond acceptors (Lipinski definition) is 4. The average molecular weight is 270 g/mol. The summed E-state index contributed by atoms with van der Waals surface area (Å²) >= 11 is 0. The van der Waals surface area contributed by atoms with E-state index in [0.717, 1.165) is 32.5 Å². The molecule has 19 heavy (non-hydrogen) atoms. The Morgan fingerprint density at radius 2 is 1.79 bits per heavy atom. The molecule has 6 heteroatoms. The maximum absolute atomic E-state index is 12.0. The van der Waals surface area contributed by atoms with Crippen molar-refractivity contribution in [3.8, 4) is 0 Å². The van der Waals surface area contributed by atoms with E-state index in [0.29, 0.717) is 6.54 Å². The highest BCUT2D eigenvalue weighted by Gasteiger charge is 2.27. The number of hydrogen-bond donors (Lipinski definition) is 1. The molecule has 0 aromatic carbocycles. The van der Waals surface area contributed by atoms with E-state index in [-0.39, 0.29) is 6.04 Å². The Hall–Kier alpha value is -1.14. The van der Waals surface area contributed by atoms with Gasteiger partial charge in [-0.25, -0.2) is 0 Å². The highest BCUT2D eigenvalue weighted by atomic mass is 16.2. The molecule has 0 aliphatic carbocycles. The van der Waals surface area contributed by atoms with Gasteiger partial charge in [-0.05, 0) is 47.1 Å². The van der Waals surface area contributed by atoms with Crippen LogP contribution in [0.4, 0.5) is 0 Å². The maximum atomic E-state index is 12.0. The number of nitrogens with one attached hydrogen (secondary N) is 1. The second-order valence-electron chi connectivity index (χ2n) is 5.51. The lowest BCUT2D eigenvalue weighted by atomic mass is 10.0. The van der Waals surface area contributed by atoms with Gasteiger partial charge in [-0.2, -0.15) is 0 Å². The molecule has 0 bridgehead atoms. The van der Waals surface area contributed by atoms with Crippen LogP contribution in [-0.2, 0) is 9.59 Å². The van der Waals surface area contributed by atoms with Gasteiger partial charge in [0.05, 0.1) is 0 Å². The molecule has 0 unspecified atom stereocenters. The molecule has 0 aromatic rings. The first-order valence-corrected chi connectivity index (χ1v) is 6.80. The molecule has 1 heterocycles. The molecule has 1 saturated heterocycles. The first kappa shape index (κ1) is 15.9. The Balaban J connectivity index is 2.36. The zero-order valence-electron chi connectivity index (χ0n) is 12.5. The van der Waals surface area contributed by atoms with E-state index < -0.39 is 11.8 Å². The third-order valence-corrected chi connectivity index (χ3v) is 3.59. The fraction of sp³-hybridized carbons (Fsp3) is 0.846. The van der Waals surface area contributed by atoms with Gasteiger partial charge in [0.15, 0.2) is 0 Å². The predicted octanol–water partition coefficient (Wildman–Crippen LogP) is -0.783. The number of rotatable bonds is 4. The van der Waals surface area contributed by atoms with Crippen molar-refractivity contribution in [2.75, 3.05) is 54.4 Å². The normalized spacial score (nSPS) is 17.5. The number of carbonyl (C=O) groups excluding carboxylic acids is 2. The van der Waals surface area contributed by atoms with Crippen LogP contribution >= 0.6 is 0 Å². The monoisotopic (exact) mass is 270 g/mol. The molecule has 2 amide bonds. The van der Waals surface area contributed by atoms with Crippen LogP contribution in [0.1, 0.15) is 12.8 Å². The number of nitrogens with zero attached hydrogens (tertiary/aromatic N) is 3. The van der Waals surface area contributed by atoms with Crippen LogP contribution in [0.15, 0.2) is 0 Å². The lowest BCUT2D eigenvalue weighted by Gasteiger charge is -2.34. The number of carbonyl (C=O) groups is 2. The first-order chi connectivity index (χ1) is 8.91. The fourth-order valence-corrected chi connectivity index (χ4v) is 2.18. The van der Waals surface area contributed by atoms with E-state index in [1.165, 1.54) is 0 Å². The van der Waals surface area contributed by atoms with E-state index in [2.05, 4.69) is 17.3 Å². The number of likely N-dealkylation sites (tertiary alicyclic amines) is 1. The van der Waals surface area contributed by atoms with Gasteiger partial charge < -0.3 is 20.0 Å². The summed E-state index contributed by atoms with van der Waals surface area (Å²) in [6, 6.07) is 0.184. The second-order valence-corrected chi connectivity index (χ2v) is 5.51. The Morgan fingerprint density at radius 3 is 2.32 bits per heavy atom. The number of likely N-dealkylation sites (N-methyl/N-ethyl adjacent to an activating group) is 2. The number of amides is 2. The highest BCUT2D eigenvalue weighted by Crippen LogP contribution is 2.14. The quantitative estimate of drug-likeness (QED) is 0.681. The summed E-state index contributed by atoms with van der Waals surface area (Å²) in [6.07, 6.45) is 1.87. The smallest absolute Gasteiger partial charge is 0.311 e. The second kappa shape index (κ2) is 7.45. The van der Waals surface area contributed by atoms with Crippen LogP contribution in [-0.4, -0.2) is 86.9 Å². The average Bonchev–Trinajstić information content (AvgIpc) is 2.37. The molecule has 6 nitrogen and oxygen atoms in total. The Kier molecular flexibility index (Phi) is 6.24. The maximum Gasteiger partial charge on any atom is 0.311 e. The first-order valence-electron chi connectivity index (χ1n) is 6.80. The molecule has 1 aliphatic rings. The number of piperidine rings is 1. The van der Waals surface area contributed by atoms with Crippen molar-refractivity contribution in [1.29, 1.82) is 0 Å². The molecule has 110 valence electrons. The topological polar surface area (TPSA) is 55.9 Å². The molecule has 0 spiro atoms. The highest BCUT2D eigenvalue weighted by molar-refractivity contribution is 6.35. The lowest BCUT2D eigenvalue weighted by molar-refractivity contribution is -0.146. The van der Waals surface area contributed by atoms with Crippen LogP contribution in [0, 0.1) is 0 Å². The van der Waals surface area contributed by atoms with Crippen molar-refractivity contribution in [2.24, 2.45) is 0 Å². The minimum atomic E-state index is -0.497. The Labute approximate surface area is 115 Å². The summed E-state index contributed by atoms with van der Waals surface area (Å²) < 4.78 is 0. The molecule has 1 fully saturated rings. The summed E-state index contributed by atoms with van der Waals surface area (Å²) in [5, 5.41) is 2.66. The van der Waals surface area contributed by atoms with Crippen LogP contribution in [0.25, 0.3) is 0 Å². The zero-order valence-corrected chi connectivity index (χ0v) is 12.5. The van der Waals surface area contributed by atoms with Crippen molar-refractivity contribution >= 4 is 11.8 Å². The fourth-order valence-electron chi connectivity index (χ4n) is 2.18. The lowest BCUT2D eigenvalue weighted by Crippen LogP contribution is -2.49. The molecule has 1 N–H and O–H groups in total. The molecule has 0 atom stereocenters. The van der Waals surface area contributed by atoms with Gasteiger partial charge in [0.2, 0.25) is 0 Å². The third-order valence-electron chi connectivity index (χ3n) is 3.59. The van der Waals surface area contributed by atoms with E-state index >= 15 is 0 Å². The molecule has 0 saturated carbocycles. The van der Waals surface area contributed by atoms with Crippen molar-refractivity contribution in [1.82, 2.24) is 20.0 Å². The minimum Gasteiger partial charge on any atom is -0.347 e. The van der Waals surface area contributed by atoms with E-state index in [9.17, 15) is 9.59 Å². The van der Waals surface area contributed by atoms with Crippen molar-refractivity contribution in [2.45, 2.75) is 18.9 Å². The van der Waals surface area contributed by atoms with E-state index in [1.54, 1.807) is 11.9 Å². The molecule has 0 radical (unpaired) electrons. The van der Waals surface area contributed by atoms with Crippen LogP contribution in [0.2, 0.25) is 0 Å². The molecule has 0 aromatic heterocycles. The van der Waals surface area contributed by atoms with Crippen LogP contribution < -0.4 is 5.32 Å². The van der Waals surface area contributed by atoms with Gasteiger partial charge in [-0.3, -0.25) is 9.59 Å².